The number of aromatic nitrogens is 1. The monoisotopic (exact) mass is 345 g/mol. The summed E-state index contributed by atoms with van der Waals surface area (Å²) < 4.78 is 1.09. The van der Waals surface area contributed by atoms with E-state index in [-0.39, 0.29) is 5.41 Å². The standard InChI is InChI=1S/C17H20BrN3/c1-12-9-14(17(2,3)4)15(18)10-16(12)21-20-11-13-7-5-6-8-19-13/h5-11,21H,1-4H3/b20-11+. The number of anilines is 1. The number of nitrogens with zero attached hydrogens (tertiary/aromatic N) is 2. The zero-order valence-corrected chi connectivity index (χ0v) is 14.4. The fourth-order valence-corrected chi connectivity index (χ4v) is 2.94. The minimum Gasteiger partial charge on any atom is -0.278 e. The molecule has 0 unspecified atom stereocenters. The molecule has 1 heterocycles. The van der Waals surface area contributed by atoms with Gasteiger partial charge in [-0.15, -0.1) is 0 Å². The van der Waals surface area contributed by atoms with Crippen LogP contribution in [-0.2, 0) is 5.41 Å². The van der Waals surface area contributed by atoms with E-state index >= 15 is 0 Å². The SMILES string of the molecule is Cc1cc(C(C)(C)C)c(Br)cc1N/N=C/c1ccccn1. The van der Waals surface area contributed by atoms with E-state index in [2.05, 4.69) is 71.3 Å². The minimum absolute atomic E-state index is 0.110. The van der Waals surface area contributed by atoms with Gasteiger partial charge >= 0.3 is 0 Å². The largest absolute Gasteiger partial charge is 0.278 e. The molecule has 2 rings (SSSR count). The first-order valence-electron chi connectivity index (χ1n) is 6.88. The van der Waals surface area contributed by atoms with E-state index in [0.29, 0.717) is 0 Å². The van der Waals surface area contributed by atoms with Crippen LogP contribution in [0.3, 0.4) is 0 Å². The third kappa shape index (κ3) is 4.14. The topological polar surface area (TPSA) is 37.3 Å². The van der Waals surface area contributed by atoms with Crippen LogP contribution < -0.4 is 5.43 Å². The molecule has 0 amide bonds. The van der Waals surface area contributed by atoms with Crippen LogP contribution in [0, 0.1) is 6.92 Å². The Bertz CT molecular complexity index is 643. The number of rotatable bonds is 3. The van der Waals surface area contributed by atoms with Crippen LogP contribution in [0.1, 0.15) is 37.6 Å². The molecular weight excluding hydrogens is 326 g/mol. The van der Waals surface area contributed by atoms with Crippen molar-refractivity contribution in [1.29, 1.82) is 0 Å². The van der Waals surface area contributed by atoms with Gasteiger partial charge in [0, 0.05) is 10.7 Å². The van der Waals surface area contributed by atoms with Gasteiger partial charge in [0.25, 0.3) is 0 Å². The van der Waals surface area contributed by atoms with Crippen LogP contribution in [0.5, 0.6) is 0 Å². The highest BCUT2D eigenvalue weighted by molar-refractivity contribution is 9.10. The summed E-state index contributed by atoms with van der Waals surface area (Å²) in [6.45, 7) is 8.71. The summed E-state index contributed by atoms with van der Waals surface area (Å²) in [5.41, 5.74) is 7.46. The molecule has 0 atom stereocenters. The second-order valence-electron chi connectivity index (χ2n) is 6.02. The highest BCUT2D eigenvalue weighted by atomic mass is 79.9. The summed E-state index contributed by atoms with van der Waals surface area (Å²) in [5.74, 6) is 0. The molecule has 0 radical (unpaired) electrons. The van der Waals surface area contributed by atoms with E-state index in [9.17, 15) is 0 Å². The van der Waals surface area contributed by atoms with Crippen molar-refractivity contribution in [3.05, 3.63) is 57.8 Å². The van der Waals surface area contributed by atoms with Gasteiger partial charge in [0.2, 0.25) is 0 Å². The lowest BCUT2D eigenvalue weighted by molar-refractivity contribution is 0.586. The first-order valence-corrected chi connectivity index (χ1v) is 7.68. The Labute approximate surface area is 134 Å². The molecule has 1 aromatic heterocycles. The van der Waals surface area contributed by atoms with Crippen molar-refractivity contribution in [2.75, 3.05) is 5.43 Å². The maximum Gasteiger partial charge on any atom is 0.0830 e. The number of hydrogen-bond donors (Lipinski definition) is 1. The molecule has 0 saturated heterocycles. The molecule has 3 nitrogen and oxygen atoms in total. The molecular formula is C17H20BrN3. The second kappa shape index (κ2) is 6.39. The molecule has 2 aromatic rings. The van der Waals surface area contributed by atoms with Gasteiger partial charge in [0.15, 0.2) is 0 Å². The third-order valence-electron chi connectivity index (χ3n) is 3.19. The number of hydrazone groups is 1. The molecule has 4 heteroatoms. The van der Waals surface area contributed by atoms with Crippen LogP contribution >= 0.6 is 15.9 Å². The van der Waals surface area contributed by atoms with E-state index in [1.165, 1.54) is 11.1 Å². The van der Waals surface area contributed by atoms with Gasteiger partial charge in [0.1, 0.15) is 0 Å². The highest BCUT2D eigenvalue weighted by Crippen LogP contribution is 2.33. The van der Waals surface area contributed by atoms with Crippen molar-refractivity contribution < 1.29 is 0 Å². The van der Waals surface area contributed by atoms with Gasteiger partial charge in [-0.1, -0.05) is 48.8 Å². The molecule has 1 aromatic carbocycles. The zero-order valence-electron chi connectivity index (χ0n) is 12.8. The average molecular weight is 346 g/mol. The molecule has 0 saturated carbocycles. The third-order valence-corrected chi connectivity index (χ3v) is 3.85. The van der Waals surface area contributed by atoms with Crippen molar-refractivity contribution >= 4 is 27.8 Å². The van der Waals surface area contributed by atoms with Gasteiger partial charge in [-0.25, -0.2) is 0 Å². The zero-order chi connectivity index (χ0) is 15.5. The van der Waals surface area contributed by atoms with Gasteiger partial charge in [-0.3, -0.25) is 10.4 Å². The summed E-state index contributed by atoms with van der Waals surface area (Å²) in [4.78, 5) is 4.20. The molecule has 0 spiro atoms. The Balaban J connectivity index is 2.18. The van der Waals surface area contributed by atoms with Crippen LogP contribution in [0.2, 0.25) is 0 Å². The minimum atomic E-state index is 0.110. The molecule has 1 N–H and O–H groups in total. The first kappa shape index (κ1) is 15.7. The lowest BCUT2D eigenvalue weighted by Gasteiger charge is -2.22. The summed E-state index contributed by atoms with van der Waals surface area (Å²) in [6, 6.07) is 10.0. The van der Waals surface area contributed by atoms with E-state index < -0.39 is 0 Å². The van der Waals surface area contributed by atoms with E-state index in [1.807, 2.05) is 18.2 Å². The highest BCUT2D eigenvalue weighted by Gasteiger charge is 2.18. The predicted molar refractivity (Wildman–Crippen MR) is 93.0 cm³/mol. The number of benzene rings is 1. The summed E-state index contributed by atoms with van der Waals surface area (Å²) in [5, 5.41) is 4.25. The van der Waals surface area contributed by atoms with Crippen molar-refractivity contribution in [2.24, 2.45) is 5.10 Å². The van der Waals surface area contributed by atoms with Crippen molar-refractivity contribution in [3.63, 3.8) is 0 Å². The number of aryl methyl sites for hydroxylation is 1. The maximum atomic E-state index is 4.25. The number of hydrogen-bond acceptors (Lipinski definition) is 3. The lowest BCUT2D eigenvalue weighted by atomic mass is 9.86. The van der Waals surface area contributed by atoms with E-state index in [0.717, 1.165) is 15.9 Å². The van der Waals surface area contributed by atoms with Crippen molar-refractivity contribution in [1.82, 2.24) is 4.98 Å². The Morgan fingerprint density at radius 2 is 2.00 bits per heavy atom. The molecule has 0 aliphatic heterocycles. The van der Waals surface area contributed by atoms with E-state index in [1.54, 1.807) is 12.4 Å². The van der Waals surface area contributed by atoms with Crippen molar-refractivity contribution in [3.8, 4) is 0 Å². The van der Waals surface area contributed by atoms with Crippen LogP contribution in [-0.4, -0.2) is 11.2 Å². The summed E-state index contributed by atoms with van der Waals surface area (Å²) >= 11 is 3.65. The Morgan fingerprint density at radius 1 is 1.24 bits per heavy atom. The van der Waals surface area contributed by atoms with E-state index in [4.69, 9.17) is 0 Å². The maximum absolute atomic E-state index is 4.25. The van der Waals surface area contributed by atoms with Crippen molar-refractivity contribution in [2.45, 2.75) is 33.1 Å². The fraction of sp³-hybridized carbons (Fsp3) is 0.294. The van der Waals surface area contributed by atoms with Crippen LogP contribution in [0.15, 0.2) is 46.1 Å². The molecule has 0 aliphatic carbocycles. The Morgan fingerprint density at radius 3 is 2.62 bits per heavy atom. The number of halogens is 1. The average Bonchev–Trinajstić information content (AvgIpc) is 2.42. The first-order chi connectivity index (χ1) is 9.88. The smallest absolute Gasteiger partial charge is 0.0830 e. The van der Waals surface area contributed by atoms with Gasteiger partial charge in [-0.05, 0) is 41.7 Å². The second-order valence-corrected chi connectivity index (χ2v) is 6.88. The molecule has 110 valence electrons. The Kier molecular flexibility index (Phi) is 4.78. The lowest BCUT2D eigenvalue weighted by Crippen LogP contribution is -2.12. The molecule has 0 bridgehead atoms. The molecule has 21 heavy (non-hydrogen) atoms. The van der Waals surface area contributed by atoms with Gasteiger partial charge < -0.3 is 0 Å². The van der Waals surface area contributed by atoms with Crippen LogP contribution in [0.25, 0.3) is 0 Å². The quantitative estimate of drug-likeness (QED) is 0.634. The van der Waals surface area contributed by atoms with Gasteiger partial charge in [0.05, 0.1) is 17.6 Å². The van der Waals surface area contributed by atoms with Gasteiger partial charge in [-0.2, -0.15) is 5.10 Å². The molecule has 0 aliphatic rings. The predicted octanol–water partition coefficient (Wildman–Crippen LogP) is 4.90. The number of pyridine rings is 1. The number of nitrogens with one attached hydrogen (secondary N) is 1. The van der Waals surface area contributed by atoms with Crippen LogP contribution in [0.4, 0.5) is 5.69 Å². The Hall–Kier alpha value is -1.68. The molecule has 0 fully saturated rings. The fourth-order valence-electron chi connectivity index (χ4n) is 2.00. The summed E-state index contributed by atoms with van der Waals surface area (Å²) in [6.07, 6.45) is 3.46. The summed E-state index contributed by atoms with van der Waals surface area (Å²) in [7, 11) is 0. The normalized spacial score (nSPS) is 11.9.